The summed E-state index contributed by atoms with van der Waals surface area (Å²) in [4.78, 5) is 13.2. The number of rotatable bonds is 12. The molecule has 0 N–H and O–H groups in total. The van der Waals surface area contributed by atoms with Gasteiger partial charge < -0.3 is 18.9 Å². The van der Waals surface area contributed by atoms with Crippen molar-refractivity contribution in [1.82, 2.24) is 19.1 Å². The molecule has 0 saturated heterocycles. The topological polar surface area (TPSA) is 42.1 Å². The molecule has 0 saturated carbocycles. The van der Waals surface area contributed by atoms with Crippen molar-refractivity contribution in [3.63, 3.8) is 0 Å². The van der Waals surface area contributed by atoms with Crippen LogP contribution in [0.5, 0.6) is 0 Å². The van der Waals surface area contributed by atoms with Gasteiger partial charge in [0.05, 0.1) is 22.4 Å². The van der Waals surface area contributed by atoms with Crippen LogP contribution in [-0.4, -0.2) is 19.1 Å². The lowest BCUT2D eigenvalue weighted by atomic mass is 9.96. The first-order valence-corrected chi connectivity index (χ1v) is 25.0. The Balaban J connectivity index is 1.08. The molecule has 0 bridgehead atoms. The standard InChI is InChI=1S/C68H48N6/c1-7-19-49(20-8-1)65-61-47-64-62(48-63(61)73(55-27-15-5-16-28-55)67(65)51-31-35-57(36-32-51)71(53-23-11-3-12-24-53)59-39-43-69-44-40-59)66(50-21-9-2-10-22-50)68(74(64)56-29-17-6-18-30-56)52-33-37-58(38-34-52)72(54-25-13-4-14-26-54)60-41-45-70-46-42-60/h1-48H. The fourth-order valence-electron chi connectivity index (χ4n) is 10.7. The molecule has 6 heteroatoms. The molecule has 0 radical (unpaired) electrons. The van der Waals surface area contributed by atoms with E-state index in [0.717, 1.165) is 101 Å². The second-order valence-corrected chi connectivity index (χ2v) is 18.3. The Morgan fingerprint density at radius 1 is 0.257 bits per heavy atom. The molecule has 0 amide bonds. The van der Waals surface area contributed by atoms with E-state index in [4.69, 9.17) is 0 Å². The van der Waals surface area contributed by atoms with Crippen molar-refractivity contribution in [3.8, 4) is 56.1 Å². The van der Waals surface area contributed by atoms with Gasteiger partial charge in [0, 0.05) is 92.2 Å². The smallest absolute Gasteiger partial charge is 0.0619 e. The Morgan fingerprint density at radius 3 is 0.878 bits per heavy atom. The molecule has 0 aliphatic heterocycles. The minimum Gasteiger partial charge on any atom is -0.310 e. The molecule has 0 aliphatic carbocycles. The van der Waals surface area contributed by atoms with Gasteiger partial charge in [-0.05, 0) is 131 Å². The number of para-hydroxylation sites is 4. The van der Waals surface area contributed by atoms with E-state index < -0.39 is 0 Å². The van der Waals surface area contributed by atoms with Gasteiger partial charge in [0.2, 0.25) is 0 Å². The molecule has 0 unspecified atom stereocenters. The molecule has 0 aliphatic rings. The van der Waals surface area contributed by atoms with Crippen molar-refractivity contribution >= 4 is 55.9 Å². The molecule has 0 fully saturated rings. The Kier molecular flexibility index (Phi) is 11.4. The number of aromatic nitrogens is 4. The van der Waals surface area contributed by atoms with Crippen LogP contribution in [-0.2, 0) is 0 Å². The fourth-order valence-corrected chi connectivity index (χ4v) is 10.7. The van der Waals surface area contributed by atoms with Gasteiger partial charge in [0.1, 0.15) is 0 Å². The molecule has 4 aromatic heterocycles. The predicted octanol–water partition coefficient (Wildman–Crippen LogP) is 18.0. The lowest BCUT2D eigenvalue weighted by molar-refractivity contribution is 1.13. The van der Waals surface area contributed by atoms with Crippen LogP contribution in [0.1, 0.15) is 0 Å². The molecule has 13 rings (SSSR count). The number of hydrogen-bond donors (Lipinski definition) is 0. The lowest BCUT2D eigenvalue weighted by Gasteiger charge is -2.25. The van der Waals surface area contributed by atoms with Crippen LogP contribution < -0.4 is 9.80 Å². The third kappa shape index (κ3) is 7.97. The highest BCUT2D eigenvalue weighted by molar-refractivity contribution is 6.15. The predicted molar refractivity (Wildman–Crippen MR) is 307 cm³/mol. The largest absolute Gasteiger partial charge is 0.310 e. The monoisotopic (exact) mass is 948 g/mol. The Bertz CT molecular complexity index is 3520. The first-order chi connectivity index (χ1) is 36.8. The summed E-state index contributed by atoms with van der Waals surface area (Å²) in [6.45, 7) is 0. The van der Waals surface area contributed by atoms with Gasteiger partial charge in [-0.1, -0.05) is 158 Å². The Labute approximate surface area is 430 Å². The van der Waals surface area contributed by atoms with Gasteiger partial charge in [-0.2, -0.15) is 0 Å². The second-order valence-electron chi connectivity index (χ2n) is 18.3. The van der Waals surface area contributed by atoms with Crippen LogP contribution in [0.2, 0.25) is 0 Å². The molecule has 4 heterocycles. The highest BCUT2D eigenvalue weighted by atomic mass is 15.1. The Morgan fingerprint density at radius 2 is 0.541 bits per heavy atom. The highest BCUT2D eigenvalue weighted by Gasteiger charge is 2.28. The molecule has 0 spiro atoms. The van der Waals surface area contributed by atoms with Crippen LogP contribution in [0, 0.1) is 0 Å². The molecular weight excluding hydrogens is 901 g/mol. The van der Waals surface area contributed by atoms with Gasteiger partial charge >= 0.3 is 0 Å². The first-order valence-electron chi connectivity index (χ1n) is 25.0. The number of pyridine rings is 2. The minimum absolute atomic E-state index is 1.04. The minimum atomic E-state index is 1.04. The average molecular weight is 949 g/mol. The fraction of sp³-hybridized carbons (Fsp3) is 0. The van der Waals surface area contributed by atoms with Crippen LogP contribution >= 0.6 is 0 Å². The van der Waals surface area contributed by atoms with Crippen molar-refractivity contribution in [3.05, 3.63) is 292 Å². The SMILES string of the molecule is c1ccc(-c2c(-c3ccc(N(c4ccccc4)c4ccncc4)cc3)n(-c3ccccc3)c3cc4c(-c5ccccc5)c(-c5ccc(N(c6ccccc6)c6ccncc6)cc5)n(-c5ccccc5)c4cc23)cc1. The molecule has 6 nitrogen and oxygen atoms in total. The summed E-state index contributed by atoms with van der Waals surface area (Å²) in [5, 5.41) is 2.31. The third-order valence-corrected chi connectivity index (χ3v) is 13.9. The van der Waals surface area contributed by atoms with E-state index in [-0.39, 0.29) is 0 Å². The summed E-state index contributed by atoms with van der Waals surface area (Å²) in [6.07, 6.45) is 7.40. The van der Waals surface area contributed by atoms with Gasteiger partial charge in [-0.15, -0.1) is 0 Å². The maximum atomic E-state index is 4.34. The van der Waals surface area contributed by atoms with Crippen molar-refractivity contribution in [2.75, 3.05) is 9.80 Å². The molecule has 0 atom stereocenters. The molecule has 13 aromatic rings. The third-order valence-electron chi connectivity index (χ3n) is 13.9. The summed E-state index contributed by atoms with van der Waals surface area (Å²) in [6, 6.07) is 95.7. The molecular formula is C68H48N6. The van der Waals surface area contributed by atoms with Crippen LogP contribution in [0.15, 0.2) is 292 Å². The highest BCUT2D eigenvalue weighted by Crippen LogP contribution is 2.50. The molecule has 74 heavy (non-hydrogen) atoms. The van der Waals surface area contributed by atoms with Crippen LogP contribution in [0.25, 0.3) is 77.9 Å². The maximum absolute atomic E-state index is 4.34. The average Bonchev–Trinajstić information content (AvgIpc) is 4.02. The summed E-state index contributed by atoms with van der Waals surface area (Å²) in [5.41, 5.74) is 19.8. The first kappa shape index (κ1) is 43.9. The van der Waals surface area contributed by atoms with Gasteiger partial charge in [-0.3, -0.25) is 9.97 Å². The van der Waals surface area contributed by atoms with Crippen LogP contribution in [0.3, 0.4) is 0 Å². The summed E-state index contributed by atoms with van der Waals surface area (Å²) < 4.78 is 4.95. The zero-order valence-corrected chi connectivity index (χ0v) is 40.4. The number of benzene rings is 9. The van der Waals surface area contributed by atoms with E-state index in [9.17, 15) is 0 Å². The zero-order chi connectivity index (χ0) is 49.2. The van der Waals surface area contributed by atoms with E-state index in [1.807, 2.05) is 24.8 Å². The van der Waals surface area contributed by atoms with Crippen molar-refractivity contribution in [2.45, 2.75) is 0 Å². The number of fused-ring (bicyclic) bond motifs is 2. The van der Waals surface area contributed by atoms with Gasteiger partial charge in [-0.25, -0.2) is 0 Å². The van der Waals surface area contributed by atoms with Gasteiger partial charge in [0.15, 0.2) is 0 Å². The number of anilines is 6. The summed E-state index contributed by atoms with van der Waals surface area (Å²) in [7, 11) is 0. The lowest BCUT2D eigenvalue weighted by Crippen LogP contribution is -2.09. The van der Waals surface area contributed by atoms with Crippen molar-refractivity contribution < 1.29 is 0 Å². The Hall–Kier alpha value is -10.0. The summed E-state index contributed by atoms with van der Waals surface area (Å²) >= 11 is 0. The van der Waals surface area contributed by atoms with Crippen molar-refractivity contribution in [1.29, 1.82) is 0 Å². The van der Waals surface area contributed by atoms with Crippen molar-refractivity contribution in [2.24, 2.45) is 0 Å². The maximum Gasteiger partial charge on any atom is 0.0619 e. The molecule has 350 valence electrons. The van der Waals surface area contributed by atoms with E-state index in [2.05, 4.69) is 296 Å². The van der Waals surface area contributed by atoms with Crippen LogP contribution in [0.4, 0.5) is 34.1 Å². The van der Waals surface area contributed by atoms with E-state index in [1.54, 1.807) is 0 Å². The van der Waals surface area contributed by atoms with E-state index >= 15 is 0 Å². The zero-order valence-electron chi connectivity index (χ0n) is 40.4. The second kappa shape index (κ2) is 19.3. The number of nitrogens with zero attached hydrogens (tertiary/aromatic N) is 6. The molecule has 9 aromatic carbocycles. The van der Waals surface area contributed by atoms with E-state index in [1.165, 1.54) is 11.1 Å². The number of hydrogen-bond acceptors (Lipinski definition) is 4. The quantitative estimate of drug-likeness (QED) is 0.122. The van der Waals surface area contributed by atoms with Gasteiger partial charge in [0.25, 0.3) is 0 Å². The normalized spacial score (nSPS) is 11.2. The summed E-state index contributed by atoms with van der Waals surface area (Å²) in [5.74, 6) is 0. The van der Waals surface area contributed by atoms with E-state index in [0.29, 0.717) is 0 Å².